The quantitative estimate of drug-likeness (QED) is 0.746. The van der Waals surface area contributed by atoms with Gasteiger partial charge in [0, 0.05) is 5.56 Å². The second-order valence-electron chi connectivity index (χ2n) is 3.77. The van der Waals surface area contributed by atoms with E-state index >= 15 is 0 Å². The first-order valence-electron chi connectivity index (χ1n) is 5.19. The van der Waals surface area contributed by atoms with E-state index in [-0.39, 0.29) is 17.5 Å². The van der Waals surface area contributed by atoms with E-state index in [2.05, 4.69) is 25.3 Å². The predicted octanol–water partition coefficient (Wildman–Crippen LogP) is 1.97. The van der Waals surface area contributed by atoms with Crippen molar-refractivity contribution >= 4 is 0 Å². The zero-order valence-corrected chi connectivity index (χ0v) is 9.38. The Morgan fingerprint density at radius 1 is 1.28 bits per heavy atom. The van der Waals surface area contributed by atoms with Crippen LogP contribution in [0, 0.1) is 12.7 Å². The third-order valence-electron chi connectivity index (χ3n) is 2.34. The molecule has 2 aromatic heterocycles. The van der Waals surface area contributed by atoms with Crippen molar-refractivity contribution in [2.75, 3.05) is 0 Å². The van der Waals surface area contributed by atoms with Crippen LogP contribution < -0.4 is 0 Å². The Labute approximate surface area is 101 Å². The summed E-state index contributed by atoms with van der Waals surface area (Å²) in [4.78, 5) is 8.03. The second kappa shape index (κ2) is 4.02. The van der Waals surface area contributed by atoms with Crippen molar-refractivity contribution in [3.05, 3.63) is 35.9 Å². The standard InChI is InChI=1S/C11H8FN5O/c1-6-2-7(4-8(12)3-6)11-15-10(17-18-11)9-13-5-14-16-9/h2-5H,1H3,(H,13,14,16). The van der Waals surface area contributed by atoms with E-state index in [0.29, 0.717) is 11.4 Å². The summed E-state index contributed by atoms with van der Waals surface area (Å²) < 4.78 is 18.3. The fourth-order valence-electron chi connectivity index (χ4n) is 1.61. The third kappa shape index (κ3) is 1.86. The smallest absolute Gasteiger partial charge is 0.258 e. The van der Waals surface area contributed by atoms with Crippen LogP contribution in [0.1, 0.15) is 5.56 Å². The minimum Gasteiger partial charge on any atom is -0.333 e. The van der Waals surface area contributed by atoms with Crippen LogP contribution in [0.5, 0.6) is 0 Å². The summed E-state index contributed by atoms with van der Waals surface area (Å²) in [6.07, 6.45) is 1.34. The first kappa shape index (κ1) is 10.6. The molecule has 6 nitrogen and oxygen atoms in total. The molecule has 0 fully saturated rings. The lowest BCUT2D eigenvalue weighted by Crippen LogP contribution is -1.85. The van der Waals surface area contributed by atoms with Gasteiger partial charge in [-0.25, -0.2) is 9.37 Å². The number of benzene rings is 1. The van der Waals surface area contributed by atoms with Crippen LogP contribution in [0.15, 0.2) is 29.0 Å². The van der Waals surface area contributed by atoms with Crippen molar-refractivity contribution in [2.45, 2.75) is 6.92 Å². The van der Waals surface area contributed by atoms with Crippen molar-refractivity contribution in [3.63, 3.8) is 0 Å². The fraction of sp³-hybridized carbons (Fsp3) is 0.0909. The lowest BCUT2D eigenvalue weighted by Gasteiger charge is -1.97. The average molecular weight is 245 g/mol. The van der Waals surface area contributed by atoms with Crippen molar-refractivity contribution in [1.29, 1.82) is 0 Å². The number of aromatic nitrogens is 5. The average Bonchev–Trinajstić information content (AvgIpc) is 2.99. The summed E-state index contributed by atoms with van der Waals surface area (Å²) in [6, 6.07) is 4.53. The highest BCUT2D eigenvalue weighted by atomic mass is 19.1. The number of H-pyrrole nitrogens is 1. The summed E-state index contributed by atoms with van der Waals surface area (Å²) in [5.74, 6) is 0.580. The molecule has 0 unspecified atom stereocenters. The van der Waals surface area contributed by atoms with Crippen LogP contribution in [0.3, 0.4) is 0 Å². The molecule has 0 amide bonds. The molecular formula is C11H8FN5O. The Morgan fingerprint density at radius 2 is 2.17 bits per heavy atom. The maximum atomic E-state index is 13.3. The minimum absolute atomic E-state index is 0.240. The van der Waals surface area contributed by atoms with Crippen LogP contribution in [0.2, 0.25) is 0 Å². The Kier molecular flexibility index (Phi) is 2.36. The van der Waals surface area contributed by atoms with Crippen molar-refractivity contribution in [2.24, 2.45) is 0 Å². The van der Waals surface area contributed by atoms with E-state index in [1.807, 2.05) is 0 Å². The largest absolute Gasteiger partial charge is 0.333 e. The zero-order chi connectivity index (χ0) is 12.5. The summed E-state index contributed by atoms with van der Waals surface area (Å²) in [5.41, 5.74) is 1.31. The highest BCUT2D eigenvalue weighted by Gasteiger charge is 2.13. The van der Waals surface area contributed by atoms with Gasteiger partial charge in [0.25, 0.3) is 5.89 Å². The lowest BCUT2D eigenvalue weighted by atomic mass is 10.1. The van der Waals surface area contributed by atoms with Gasteiger partial charge < -0.3 is 4.52 Å². The highest BCUT2D eigenvalue weighted by molar-refractivity contribution is 5.56. The number of nitrogens with zero attached hydrogens (tertiary/aromatic N) is 4. The highest BCUT2D eigenvalue weighted by Crippen LogP contribution is 2.22. The van der Waals surface area contributed by atoms with Crippen LogP contribution in [-0.4, -0.2) is 25.3 Å². The predicted molar refractivity (Wildman–Crippen MR) is 59.8 cm³/mol. The van der Waals surface area contributed by atoms with Gasteiger partial charge in [0.15, 0.2) is 5.82 Å². The molecule has 1 aromatic carbocycles. The van der Waals surface area contributed by atoms with Crippen LogP contribution >= 0.6 is 0 Å². The first-order chi connectivity index (χ1) is 8.72. The SMILES string of the molecule is Cc1cc(F)cc(-c2nc(-c3ncn[nH]3)no2)c1. The zero-order valence-electron chi connectivity index (χ0n) is 9.38. The summed E-state index contributed by atoms with van der Waals surface area (Å²) in [5, 5.41) is 10.1. The second-order valence-corrected chi connectivity index (χ2v) is 3.77. The molecule has 18 heavy (non-hydrogen) atoms. The van der Waals surface area contributed by atoms with Crippen LogP contribution in [0.4, 0.5) is 4.39 Å². The van der Waals surface area contributed by atoms with Crippen LogP contribution in [0.25, 0.3) is 23.1 Å². The fourth-order valence-corrected chi connectivity index (χ4v) is 1.61. The molecule has 0 saturated carbocycles. The third-order valence-corrected chi connectivity index (χ3v) is 2.34. The molecule has 0 aliphatic rings. The Balaban J connectivity index is 2.03. The monoisotopic (exact) mass is 245 g/mol. The summed E-state index contributed by atoms with van der Waals surface area (Å²) >= 11 is 0. The molecule has 7 heteroatoms. The van der Waals surface area contributed by atoms with Gasteiger partial charge in [-0.1, -0.05) is 5.16 Å². The summed E-state index contributed by atoms with van der Waals surface area (Å²) in [6.45, 7) is 1.79. The maximum Gasteiger partial charge on any atom is 0.258 e. The molecule has 0 saturated heterocycles. The van der Waals surface area contributed by atoms with Gasteiger partial charge in [-0.2, -0.15) is 10.1 Å². The van der Waals surface area contributed by atoms with Gasteiger partial charge in [0.1, 0.15) is 12.1 Å². The van der Waals surface area contributed by atoms with Crippen molar-refractivity contribution < 1.29 is 8.91 Å². The molecular weight excluding hydrogens is 237 g/mol. The van der Waals surface area contributed by atoms with E-state index in [4.69, 9.17) is 4.52 Å². The molecule has 3 aromatic rings. The van der Waals surface area contributed by atoms with Gasteiger partial charge in [-0.05, 0) is 30.7 Å². The molecule has 2 heterocycles. The number of hydrogen-bond donors (Lipinski definition) is 1. The molecule has 90 valence electrons. The molecule has 0 aliphatic carbocycles. The van der Waals surface area contributed by atoms with Crippen molar-refractivity contribution in [1.82, 2.24) is 25.3 Å². The first-order valence-corrected chi connectivity index (χ1v) is 5.19. The number of aryl methyl sites for hydroxylation is 1. The molecule has 3 rings (SSSR count). The van der Waals surface area contributed by atoms with E-state index in [0.717, 1.165) is 5.56 Å². The van der Waals surface area contributed by atoms with E-state index in [9.17, 15) is 4.39 Å². The lowest BCUT2D eigenvalue weighted by molar-refractivity contribution is 0.431. The van der Waals surface area contributed by atoms with Gasteiger partial charge in [0.2, 0.25) is 5.82 Å². The molecule has 1 N–H and O–H groups in total. The number of rotatable bonds is 2. The van der Waals surface area contributed by atoms with E-state index in [1.165, 1.54) is 18.5 Å². The molecule has 0 atom stereocenters. The normalized spacial score (nSPS) is 10.8. The molecule has 0 radical (unpaired) electrons. The summed E-state index contributed by atoms with van der Waals surface area (Å²) in [7, 11) is 0. The number of nitrogens with one attached hydrogen (secondary N) is 1. The van der Waals surface area contributed by atoms with Gasteiger partial charge >= 0.3 is 0 Å². The molecule has 0 bridgehead atoms. The molecule has 0 aliphatic heterocycles. The van der Waals surface area contributed by atoms with Gasteiger partial charge in [0.05, 0.1) is 0 Å². The topological polar surface area (TPSA) is 80.5 Å². The Hall–Kier alpha value is -2.57. The van der Waals surface area contributed by atoms with Crippen LogP contribution in [-0.2, 0) is 0 Å². The number of hydrogen-bond acceptors (Lipinski definition) is 5. The maximum absolute atomic E-state index is 13.3. The number of halogens is 1. The van der Waals surface area contributed by atoms with Gasteiger partial charge in [-0.3, -0.25) is 5.10 Å². The molecule has 0 spiro atoms. The van der Waals surface area contributed by atoms with Gasteiger partial charge in [-0.15, -0.1) is 0 Å². The Bertz CT molecular complexity index is 656. The van der Waals surface area contributed by atoms with E-state index in [1.54, 1.807) is 13.0 Å². The Morgan fingerprint density at radius 3 is 2.89 bits per heavy atom. The van der Waals surface area contributed by atoms with E-state index < -0.39 is 0 Å². The van der Waals surface area contributed by atoms with Crippen molar-refractivity contribution in [3.8, 4) is 23.1 Å². The number of aromatic amines is 1. The minimum atomic E-state index is -0.343.